The van der Waals surface area contributed by atoms with Crippen LogP contribution in [0.2, 0.25) is 0 Å². The third-order valence-electron chi connectivity index (χ3n) is 0. The monoisotopic (exact) mass is 166 g/mol. The summed E-state index contributed by atoms with van der Waals surface area (Å²) in [5.74, 6) is 0. The quantitative estimate of drug-likeness (QED) is 0.416. The second kappa shape index (κ2) is 24.1. The Morgan fingerprint density at radius 2 is 1.25 bits per heavy atom. The topological polar surface area (TPSA) is 121 Å². The van der Waals surface area contributed by atoms with Crippen LogP contribution in [0.1, 0.15) is 5.71 Å². The van der Waals surface area contributed by atoms with Crippen molar-refractivity contribution in [3.8, 4) is 0 Å². The van der Waals surface area contributed by atoms with E-state index < -0.39 is 6.16 Å². The predicted molar refractivity (Wildman–Crippen MR) is 33.8 cm³/mol. The van der Waals surface area contributed by atoms with Gasteiger partial charge in [0.25, 0.3) is 0 Å². The van der Waals surface area contributed by atoms with E-state index in [1.807, 2.05) is 0 Å². The third-order valence-corrected chi connectivity index (χ3v) is 0. The number of carbonyl (C=O) groups is 1. The van der Waals surface area contributed by atoms with Gasteiger partial charge < -0.3 is 26.9 Å². The zero-order valence-electron chi connectivity index (χ0n) is 8.22. The molecule has 0 aromatic heterocycles. The average molecular weight is 166 g/mol. The first kappa shape index (κ1) is 35.0. The van der Waals surface area contributed by atoms with Gasteiger partial charge >= 0.3 is 66.9 Å². The molecule has 0 fully saturated rings. The minimum Gasteiger partial charge on any atom is -1.00 e. The molecule has 0 heterocycles. The van der Waals surface area contributed by atoms with E-state index in [0.717, 1.165) is 0 Å². The molecule has 0 saturated carbocycles. The molecule has 0 saturated heterocycles. The van der Waals surface area contributed by atoms with Crippen molar-refractivity contribution in [2.45, 2.75) is 0 Å². The van der Waals surface area contributed by atoms with E-state index in [9.17, 15) is 0 Å². The van der Waals surface area contributed by atoms with Gasteiger partial charge in [0.15, 0.2) is 0 Å². The first-order valence-corrected chi connectivity index (χ1v) is 0.651. The number of hydrogen-bond acceptors (Lipinski definition) is 1. The van der Waals surface area contributed by atoms with Crippen molar-refractivity contribution in [1.82, 2.24) is 0 Å². The van der Waals surface area contributed by atoms with Crippen LogP contribution in [-0.2, 0) is 0 Å². The molecule has 0 aliphatic heterocycles. The molecule has 6 N–H and O–H groups in total. The van der Waals surface area contributed by atoms with Crippen LogP contribution in [0.4, 0.5) is 4.79 Å². The van der Waals surface area contributed by atoms with E-state index in [-0.39, 0.29) is 77.4 Å². The van der Waals surface area contributed by atoms with Crippen molar-refractivity contribution in [1.29, 1.82) is 0 Å². The van der Waals surface area contributed by atoms with E-state index in [4.69, 9.17) is 15.0 Å². The van der Waals surface area contributed by atoms with E-state index in [1.54, 1.807) is 0 Å². The second-order valence-electron chi connectivity index (χ2n) is 0.283. The van der Waals surface area contributed by atoms with Crippen molar-refractivity contribution in [2.24, 2.45) is 0 Å². The van der Waals surface area contributed by atoms with Gasteiger partial charge in [0.2, 0.25) is 0 Å². The Morgan fingerprint density at radius 3 is 1.25 bits per heavy atom. The smallest absolute Gasteiger partial charge is 1.00 e. The summed E-state index contributed by atoms with van der Waals surface area (Å²) in [6.45, 7) is 0. The molecule has 0 aromatic carbocycles. The number of hydrogen-bond donors (Lipinski definition) is 2. The second-order valence-corrected chi connectivity index (χ2v) is 0.283. The van der Waals surface area contributed by atoms with Gasteiger partial charge in [-0.3, -0.25) is 0 Å². The molecule has 0 radical (unpaired) electrons. The van der Waals surface area contributed by atoms with Crippen molar-refractivity contribution in [2.75, 3.05) is 0 Å². The SMILES string of the molecule is O.O.O=C(O)O.[Ca+2].[H-].[H-].[H-].[H-].[Mg+2]. The van der Waals surface area contributed by atoms with Crippen molar-refractivity contribution < 1.29 is 31.7 Å². The summed E-state index contributed by atoms with van der Waals surface area (Å²) < 4.78 is 0. The van der Waals surface area contributed by atoms with Gasteiger partial charge in [0.05, 0.1) is 0 Å². The van der Waals surface area contributed by atoms with Crippen LogP contribution in [0.25, 0.3) is 0 Å². The van der Waals surface area contributed by atoms with E-state index in [2.05, 4.69) is 0 Å². The molecule has 0 aliphatic rings. The van der Waals surface area contributed by atoms with Gasteiger partial charge in [-0.1, -0.05) is 0 Å². The summed E-state index contributed by atoms with van der Waals surface area (Å²) in [5.41, 5.74) is 0. The zero-order chi connectivity index (χ0) is 3.58. The average Bonchev–Trinajstić information content (AvgIpc) is 0.811. The molecule has 5 nitrogen and oxygen atoms in total. The van der Waals surface area contributed by atoms with Gasteiger partial charge in [0.1, 0.15) is 0 Å². The molecular weight excluding hydrogens is 156 g/mol. The standard InChI is InChI=1S/CH2O3.Ca.Mg.2H2O.4H/c2-1(3)4;;;;;;;;/h(H2,2,3,4);;;2*1H2;;;;/q;2*+2;;;4*-1. The molecule has 0 unspecified atom stereocenters. The Labute approximate surface area is 97.8 Å². The molecular formula is CH10CaMgO5. The summed E-state index contributed by atoms with van der Waals surface area (Å²) in [6, 6.07) is 0. The largest absolute Gasteiger partial charge is 2.00 e. The Kier molecular flexibility index (Phi) is 105. The summed E-state index contributed by atoms with van der Waals surface area (Å²) in [7, 11) is 0. The molecule has 0 rings (SSSR count). The summed E-state index contributed by atoms with van der Waals surface area (Å²) in [4.78, 5) is 8.56. The summed E-state index contributed by atoms with van der Waals surface area (Å²) >= 11 is 0. The van der Waals surface area contributed by atoms with Gasteiger partial charge in [-0.15, -0.1) is 0 Å². The fraction of sp³-hybridized carbons (Fsp3) is 0. The van der Waals surface area contributed by atoms with Crippen LogP contribution in [0.5, 0.6) is 0 Å². The Morgan fingerprint density at radius 1 is 1.25 bits per heavy atom. The van der Waals surface area contributed by atoms with Gasteiger partial charge in [-0.2, -0.15) is 0 Å². The normalized spacial score (nSPS) is 3.00. The molecule has 0 bridgehead atoms. The van der Waals surface area contributed by atoms with Crippen LogP contribution >= 0.6 is 0 Å². The molecule has 0 aliphatic carbocycles. The Hall–Kier alpha value is 1.22. The maximum absolute atomic E-state index is 8.56. The number of carboxylic acid groups (broad SMARTS) is 2. The van der Waals surface area contributed by atoms with Crippen LogP contribution in [0, 0.1) is 0 Å². The van der Waals surface area contributed by atoms with Crippen LogP contribution in [0.15, 0.2) is 0 Å². The number of rotatable bonds is 0. The zero-order valence-corrected chi connectivity index (χ0v) is 7.84. The Balaban J connectivity index is -0.00000000161. The van der Waals surface area contributed by atoms with Crippen LogP contribution in [-0.4, -0.2) is 88.1 Å². The minimum absolute atomic E-state index is 0. The third kappa shape index (κ3) is 189. The molecule has 48 valence electrons. The van der Waals surface area contributed by atoms with E-state index in [0.29, 0.717) is 0 Å². The first-order valence-electron chi connectivity index (χ1n) is 0.651. The molecule has 0 atom stereocenters. The fourth-order valence-corrected chi connectivity index (χ4v) is 0. The maximum Gasteiger partial charge on any atom is 2.00 e. The summed E-state index contributed by atoms with van der Waals surface area (Å²) in [5, 5.41) is 13.9. The van der Waals surface area contributed by atoms with Crippen LogP contribution < -0.4 is 0 Å². The molecule has 0 aromatic rings. The van der Waals surface area contributed by atoms with E-state index in [1.165, 1.54) is 0 Å². The van der Waals surface area contributed by atoms with Crippen molar-refractivity contribution >= 4 is 66.9 Å². The minimum atomic E-state index is -1.83. The Bertz CT molecular complexity index is 46.4. The molecule has 8 heavy (non-hydrogen) atoms. The van der Waals surface area contributed by atoms with Gasteiger partial charge in [0, 0.05) is 0 Å². The van der Waals surface area contributed by atoms with Crippen LogP contribution in [0.3, 0.4) is 0 Å². The fourth-order valence-electron chi connectivity index (χ4n) is 0. The van der Waals surface area contributed by atoms with Gasteiger partial charge in [-0.05, 0) is 0 Å². The van der Waals surface area contributed by atoms with E-state index >= 15 is 0 Å². The van der Waals surface area contributed by atoms with Crippen molar-refractivity contribution in [3.05, 3.63) is 0 Å². The predicted octanol–water partition coefficient (Wildman–Crippen LogP) is -1.74. The summed E-state index contributed by atoms with van der Waals surface area (Å²) in [6.07, 6.45) is -1.83. The van der Waals surface area contributed by atoms with Gasteiger partial charge in [-0.25, -0.2) is 4.79 Å². The maximum atomic E-state index is 8.56. The molecule has 0 spiro atoms. The molecule has 7 heteroatoms. The molecule has 0 amide bonds. The van der Waals surface area contributed by atoms with Crippen molar-refractivity contribution in [3.63, 3.8) is 0 Å². The first-order chi connectivity index (χ1) is 1.73.